The number of methoxy groups -OCH3 is 1. The van der Waals surface area contributed by atoms with Gasteiger partial charge in [-0.25, -0.2) is 4.99 Å². The third-order valence-corrected chi connectivity index (χ3v) is 9.20. The number of anilines is 1. The van der Waals surface area contributed by atoms with Crippen LogP contribution in [0, 0.1) is 0 Å². The molecule has 0 radical (unpaired) electrons. The number of benzene rings is 4. The Kier molecular flexibility index (Phi) is 6.85. The van der Waals surface area contributed by atoms with Crippen molar-refractivity contribution in [2.45, 2.75) is 24.7 Å². The number of rotatable bonds is 5. The van der Waals surface area contributed by atoms with Crippen molar-refractivity contribution in [3.8, 4) is 5.75 Å². The standard InChI is InChI=1S/C35H31N3O2S/c1-40-27-14-12-23(13-15-27)20-32-34(39)37-35(41-32)36-26-21-30-28(24-8-4-2-5-9-24)16-18-38-19-17-29(31(22-26)33(30)38)25-10-6-3-7-11-25/h2-15,20-22,28-29H,16-19H2,1H3,(H,36,37,39)/b32-20-/t28-,29-/m0/s1. The Morgan fingerprint density at radius 1 is 0.854 bits per heavy atom. The normalized spacial score (nSPS) is 21.6. The number of nitrogens with zero attached hydrogens (tertiary/aromatic N) is 2. The maximum Gasteiger partial charge on any atom is 0.264 e. The number of thioether (sulfide) groups is 1. The van der Waals surface area contributed by atoms with Gasteiger partial charge in [0.1, 0.15) is 5.75 Å². The summed E-state index contributed by atoms with van der Waals surface area (Å²) in [4.78, 5) is 21.1. The van der Waals surface area contributed by atoms with Gasteiger partial charge in [0.2, 0.25) is 0 Å². The topological polar surface area (TPSA) is 53.9 Å². The van der Waals surface area contributed by atoms with Crippen LogP contribution in [0.3, 0.4) is 0 Å². The average Bonchev–Trinajstić information content (AvgIpc) is 3.36. The van der Waals surface area contributed by atoms with Crippen molar-refractivity contribution in [2.24, 2.45) is 4.99 Å². The van der Waals surface area contributed by atoms with E-state index in [1.165, 1.54) is 39.7 Å². The second-order valence-electron chi connectivity index (χ2n) is 10.7. The molecule has 0 bridgehead atoms. The zero-order chi connectivity index (χ0) is 27.8. The number of hydrogen-bond donors (Lipinski definition) is 1. The fourth-order valence-corrected chi connectivity index (χ4v) is 7.20. The Morgan fingerprint density at radius 2 is 1.44 bits per heavy atom. The fraction of sp³-hybridized carbons (Fsp3) is 0.200. The Balaban J connectivity index is 1.29. The largest absolute Gasteiger partial charge is 0.497 e. The molecule has 204 valence electrons. The van der Waals surface area contributed by atoms with Crippen LogP contribution in [0.25, 0.3) is 6.08 Å². The van der Waals surface area contributed by atoms with E-state index in [-0.39, 0.29) is 5.91 Å². The zero-order valence-electron chi connectivity index (χ0n) is 22.9. The van der Waals surface area contributed by atoms with E-state index in [4.69, 9.17) is 9.73 Å². The summed E-state index contributed by atoms with van der Waals surface area (Å²) in [6.07, 6.45) is 4.05. The van der Waals surface area contributed by atoms with Gasteiger partial charge in [0.05, 0.1) is 17.7 Å². The van der Waals surface area contributed by atoms with Crippen LogP contribution in [0.1, 0.15) is 52.5 Å². The monoisotopic (exact) mass is 557 g/mol. The first-order valence-electron chi connectivity index (χ1n) is 14.1. The zero-order valence-corrected chi connectivity index (χ0v) is 23.7. The van der Waals surface area contributed by atoms with Gasteiger partial charge in [0.25, 0.3) is 5.91 Å². The molecule has 5 nitrogen and oxygen atoms in total. The van der Waals surface area contributed by atoms with Gasteiger partial charge < -0.3 is 15.0 Å². The van der Waals surface area contributed by atoms with Crippen LogP contribution >= 0.6 is 11.8 Å². The van der Waals surface area contributed by atoms with E-state index in [2.05, 4.69) is 83.0 Å². The molecule has 0 saturated carbocycles. The Morgan fingerprint density at radius 3 is 2.00 bits per heavy atom. The molecule has 41 heavy (non-hydrogen) atoms. The van der Waals surface area contributed by atoms with Crippen LogP contribution in [-0.4, -0.2) is 31.3 Å². The number of ether oxygens (including phenoxy) is 1. The average molecular weight is 558 g/mol. The smallest absolute Gasteiger partial charge is 0.264 e. The van der Waals surface area contributed by atoms with E-state index >= 15 is 0 Å². The van der Waals surface area contributed by atoms with E-state index in [0.717, 1.165) is 42.9 Å². The molecule has 6 heteroatoms. The van der Waals surface area contributed by atoms with Crippen molar-refractivity contribution in [1.82, 2.24) is 5.32 Å². The summed E-state index contributed by atoms with van der Waals surface area (Å²) in [5.74, 6) is 1.29. The number of carbonyl (C=O) groups is 1. The highest BCUT2D eigenvalue weighted by atomic mass is 32.2. The number of nitrogens with one attached hydrogen (secondary N) is 1. The second kappa shape index (κ2) is 10.9. The van der Waals surface area contributed by atoms with Crippen LogP contribution in [-0.2, 0) is 4.79 Å². The third-order valence-electron chi connectivity index (χ3n) is 8.30. The van der Waals surface area contributed by atoms with Gasteiger partial charge in [-0.2, -0.15) is 0 Å². The SMILES string of the molecule is COc1ccc(/C=C2\SC(=Nc3cc4c5c(c3)[C@H](c3ccccc3)CCN5CC[C@H]4c3ccccc3)NC2=O)cc1. The third kappa shape index (κ3) is 5.04. The van der Waals surface area contributed by atoms with Gasteiger partial charge in [-0.3, -0.25) is 4.79 Å². The molecule has 1 amide bonds. The molecule has 2 atom stereocenters. The first-order valence-corrected chi connectivity index (χ1v) is 14.9. The maximum atomic E-state index is 12.9. The molecule has 0 spiro atoms. The van der Waals surface area contributed by atoms with E-state index in [9.17, 15) is 4.79 Å². The van der Waals surface area contributed by atoms with Gasteiger partial charge in [0.15, 0.2) is 5.17 Å². The Labute approximate surface area is 245 Å². The molecule has 0 unspecified atom stereocenters. The minimum absolute atomic E-state index is 0.126. The first kappa shape index (κ1) is 25.7. The van der Waals surface area contributed by atoms with Crippen molar-refractivity contribution in [1.29, 1.82) is 0 Å². The Bertz CT molecular complexity index is 1580. The summed E-state index contributed by atoms with van der Waals surface area (Å²) >= 11 is 1.39. The molecule has 1 N–H and O–H groups in total. The summed E-state index contributed by atoms with van der Waals surface area (Å²) in [7, 11) is 1.65. The number of aliphatic imine (C=N–C) groups is 1. The summed E-state index contributed by atoms with van der Waals surface area (Å²) in [5.41, 5.74) is 8.56. The highest BCUT2D eigenvalue weighted by Gasteiger charge is 2.35. The first-order chi connectivity index (χ1) is 20.2. The molecule has 3 aliphatic rings. The molecule has 4 aromatic carbocycles. The predicted octanol–water partition coefficient (Wildman–Crippen LogP) is 7.46. The quantitative estimate of drug-likeness (QED) is 0.259. The molecule has 1 saturated heterocycles. The maximum absolute atomic E-state index is 12.9. The van der Waals surface area contributed by atoms with Gasteiger partial charge >= 0.3 is 0 Å². The van der Waals surface area contributed by atoms with Gasteiger partial charge in [-0.15, -0.1) is 0 Å². The Hall–Kier alpha value is -4.29. The van der Waals surface area contributed by atoms with Gasteiger partial charge in [-0.05, 0) is 82.8 Å². The second-order valence-corrected chi connectivity index (χ2v) is 11.7. The highest BCUT2D eigenvalue weighted by molar-refractivity contribution is 8.18. The molecular formula is C35H31N3O2S. The van der Waals surface area contributed by atoms with Crippen LogP contribution in [0.5, 0.6) is 5.75 Å². The van der Waals surface area contributed by atoms with Crippen LogP contribution in [0.4, 0.5) is 11.4 Å². The molecule has 7 rings (SSSR count). The number of amides is 1. The van der Waals surface area contributed by atoms with Crippen molar-refractivity contribution in [3.63, 3.8) is 0 Å². The van der Waals surface area contributed by atoms with Crippen molar-refractivity contribution < 1.29 is 9.53 Å². The predicted molar refractivity (Wildman–Crippen MR) is 168 cm³/mol. The van der Waals surface area contributed by atoms with Crippen molar-refractivity contribution in [3.05, 3.63) is 130 Å². The van der Waals surface area contributed by atoms with Gasteiger partial charge in [-0.1, -0.05) is 72.8 Å². The van der Waals surface area contributed by atoms with Gasteiger partial charge in [0, 0.05) is 30.6 Å². The summed E-state index contributed by atoms with van der Waals surface area (Å²) in [5, 5.41) is 3.60. The van der Waals surface area contributed by atoms with Crippen molar-refractivity contribution in [2.75, 3.05) is 25.1 Å². The molecule has 3 aliphatic heterocycles. The molecule has 0 aromatic heterocycles. The van der Waals surface area contributed by atoms with Crippen LogP contribution < -0.4 is 15.0 Å². The lowest BCUT2D eigenvalue weighted by atomic mass is 9.76. The highest BCUT2D eigenvalue weighted by Crippen LogP contribution is 2.50. The van der Waals surface area contributed by atoms with Crippen molar-refractivity contribution >= 4 is 40.3 Å². The molecular weight excluding hydrogens is 526 g/mol. The number of hydrogen-bond acceptors (Lipinski definition) is 5. The molecule has 1 fully saturated rings. The molecule has 0 aliphatic carbocycles. The fourth-order valence-electron chi connectivity index (χ4n) is 6.35. The summed E-state index contributed by atoms with van der Waals surface area (Å²) in [6, 6.07) is 33.8. The van der Waals surface area contributed by atoms with E-state index in [1.54, 1.807) is 7.11 Å². The van der Waals surface area contributed by atoms with Crippen LogP contribution in [0.15, 0.2) is 107 Å². The lowest BCUT2D eigenvalue weighted by Crippen LogP contribution is -2.37. The lowest BCUT2D eigenvalue weighted by Gasteiger charge is -2.43. The minimum atomic E-state index is -0.126. The van der Waals surface area contributed by atoms with Crippen LogP contribution in [0.2, 0.25) is 0 Å². The number of carbonyl (C=O) groups excluding carboxylic acids is 1. The number of amidine groups is 1. The van der Waals surface area contributed by atoms with E-state index in [0.29, 0.717) is 21.9 Å². The molecule has 4 aromatic rings. The summed E-state index contributed by atoms with van der Waals surface area (Å²) < 4.78 is 5.26. The van der Waals surface area contributed by atoms with E-state index in [1.807, 2.05) is 30.3 Å². The van der Waals surface area contributed by atoms with E-state index < -0.39 is 0 Å². The molecule has 3 heterocycles. The lowest BCUT2D eigenvalue weighted by molar-refractivity contribution is -0.115. The summed E-state index contributed by atoms with van der Waals surface area (Å²) in [6.45, 7) is 2.11. The minimum Gasteiger partial charge on any atom is -0.497 e.